The number of carbonyl (C=O) groups is 2. The minimum absolute atomic E-state index is 0.0145. The fraction of sp³-hybridized carbons (Fsp3) is 0.385. The molecule has 1 aliphatic rings. The molecular weight excluding hydrogens is 250 g/mol. The number of amides is 1. The number of rotatable bonds is 5. The summed E-state index contributed by atoms with van der Waals surface area (Å²) < 4.78 is 10.3. The first-order valence-corrected chi connectivity index (χ1v) is 5.92. The molecule has 102 valence electrons. The summed E-state index contributed by atoms with van der Waals surface area (Å²) in [6, 6.07) is 8.85. The minimum atomic E-state index is -1.32. The summed E-state index contributed by atoms with van der Waals surface area (Å²) in [7, 11) is 0. The van der Waals surface area contributed by atoms with Crippen LogP contribution in [0.1, 0.15) is 6.42 Å². The Morgan fingerprint density at radius 2 is 2.11 bits per heavy atom. The summed E-state index contributed by atoms with van der Waals surface area (Å²) in [5.41, 5.74) is -1.32. The summed E-state index contributed by atoms with van der Waals surface area (Å²) >= 11 is 0. The molecule has 0 radical (unpaired) electrons. The smallest absolute Gasteiger partial charge is 0.331 e. The van der Waals surface area contributed by atoms with Gasteiger partial charge >= 0.3 is 5.97 Å². The third-order valence-electron chi connectivity index (χ3n) is 2.92. The third-order valence-corrected chi connectivity index (χ3v) is 2.92. The monoisotopic (exact) mass is 265 g/mol. The molecule has 1 amide bonds. The van der Waals surface area contributed by atoms with Crippen molar-refractivity contribution in [3.05, 3.63) is 30.3 Å². The second-order valence-corrected chi connectivity index (χ2v) is 4.34. The van der Waals surface area contributed by atoms with Gasteiger partial charge in [-0.2, -0.15) is 0 Å². The van der Waals surface area contributed by atoms with Gasteiger partial charge < -0.3 is 19.9 Å². The van der Waals surface area contributed by atoms with Gasteiger partial charge in [0.15, 0.2) is 12.1 Å². The normalized spacial score (nSPS) is 21.9. The standard InChI is InChI=1S/C13H15NO5/c15-11(8-19-10-4-2-1-3-5-10)14-13(12(16)17)6-7-18-9-13/h1-5H,6-9H2,(H,14,15)(H,16,17). The van der Waals surface area contributed by atoms with E-state index in [-0.39, 0.29) is 19.6 Å². The number of carboxylic acid groups (broad SMARTS) is 1. The summed E-state index contributed by atoms with van der Waals surface area (Å²) in [4.78, 5) is 22.9. The molecule has 1 saturated heterocycles. The molecule has 2 N–H and O–H groups in total. The lowest BCUT2D eigenvalue weighted by molar-refractivity contribution is -0.148. The number of benzene rings is 1. The van der Waals surface area contributed by atoms with Crippen LogP contribution in [0.25, 0.3) is 0 Å². The summed E-state index contributed by atoms with van der Waals surface area (Å²) in [6.07, 6.45) is 0.263. The Morgan fingerprint density at radius 3 is 2.68 bits per heavy atom. The fourth-order valence-corrected chi connectivity index (χ4v) is 1.85. The van der Waals surface area contributed by atoms with E-state index in [0.717, 1.165) is 0 Å². The lowest BCUT2D eigenvalue weighted by Gasteiger charge is -2.23. The maximum absolute atomic E-state index is 11.7. The van der Waals surface area contributed by atoms with E-state index in [2.05, 4.69) is 5.32 Å². The highest BCUT2D eigenvalue weighted by molar-refractivity contribution is 5.88. The average molecular weight is 265 g/mol. The van der Waals surface area contributed by atoms with Crippen molar-refractivity contribution in [1.29, 1.82) is 0 Å². The molecule has 1 aliphatic heterocycles. The summed E-state index contributed by atoms with van der Waals surface area (Å²) in [5, 5.41) is 11.6. The van der Waals surface area contributed by atoms with Crippen LogP contribution in [0.4, 0.5) is 0 Å². The van der Waals surface area contributed by atoms with Crippen LogP contribution < -0.4 is 10.1 Å². The molecule has 6 nitrogen and oxygen atoms in total. The maximum Gasteiger partial charge on any atom is 0.331 e. The first-order valence-electron chi connectivity index (χ1n) is 5.92. The SMILES string of the molecule is O=C(COc1ccccc1)NC1(C(=O)O)CCOC1. The third kappa shape index (κ3) is 3.23. The van der Waals surface area contributed by atoms with Crippen molar-refractivity contribution in [2.24, 2.45) is 0 Å². The molecule has 6 heteroatoms. The van der Waals surface area contributed by atoms with Gasteiger partial charge in [0, 0.05) is 13.0 Å². The molecule has 0 saturated carbocycles. The first kappa shape index (κ1) is 13.4. The van der Waals surface area contributed by atoms with Gasteiger partial charge in [0.1, 0.15) is 5.75 Å². The zero-order valence-corrected chi connectivity index (χ0v) is 10.3. The van der Waals surface area contributed by atoms with E-state index in [1.54, 1.807) is 24.3 Å². The molecule has 1 aromatic carbocycles. The second-order valence-electron chi connectivity index (χ2n) is 4.34. The zero-order valence-electron chi connectivity index (χ0n) is 10.3. The predicted octanol–water partition coefficient (Wildman–Crippen LogP) is 0.425. The number of aliphatic carboxylic acids is 1. The van der Waals surface area contributed by atoms with E-state index in [0.29, 0.717) is 12.4 Å². The summed E-state index contributed by atoms with van der Waals surface area (Å²) in [6.45, 7) is 0.0879. The van der Waals surface area contributed by atoms with Gasteiger partial charge in [-0.05, 0) is 12.1 Å². The molecule has 1 unspecified atom stereocenters. The molecule has 0 aromatic heterocycles. The van der Waals surface area contributed by atoms with Gasteiger partial charge in [-0.3, -0.25) is 4.79 Å². The Bertz CT molecular complexity index is 453. The number of hydrogen-bond acceptors (Lipinski definition) is 4. The number of ether oxygens (including phenoxy) is 2. The summed E-state index contributed by atoms with van der Waals surface area (Å²) in [5.74, 6) is -1.00. The van der Waals surface area contributed by atoms with E-state index in [4.69, 9.17) is 14.6 Å². The quantitative estimate of drug-likeness (QED) is 0.806. The van der Waals surface area contributed by atoms with Crippen LogP contribution in [0, 0.1) is 0 Å². The van der Waals surface area contributed by atoms with Crippen molar-refractivity contribution in [3.63, 3.8) is 0 Å². The van der Waals surface area contributed by atoms with Crippen molar-refractivity contribution in [2.45, 2.75) is 12.0 Å². The predicted molar refractivity (Wildman–Crippen MR) is 65.9 cm³/mol. The van der Waals surface area contributed by atoms with Gasteiger partial charge in [0.25, 0.3) is 5.91 Å². The molecule has 2 rings (SSSR count). The van der Waals surface area contributed by atoms with Crippen LogP contribution in [-0.2, 0) is 14.3 Å². The first-order chi connectivity index (χ1) is 9.12. The molecule has 1 aromatic rings. The van der Waals surface area contributed by atoms with E-state index < -0.39 is 17.4 Å². The second kappa shape index (κ2) is 5.71. The van der Waals surface area contributed by atoms with Crippen molar-refractivity contribution in [3.8, 4) is 5.75 Å². The van der Waals surface area contributed by atoms with Gasteiger partial charge in [-0.1, -0.05) is 18.2 Å². The number of nitrogens with one attached hydrogen (secondary N) is 1. The molecule has 19 heavy (non-hydrogen) atoms. The number of carbonyl (C=O) groups excluding carboxylic acids is 1. The van der Waals surface area contributed by atoms with Crippen molar-refractivity contribution < 1.29 is 24.2 Å². The van der Waals surface area contributed by atoms with Crippen molar-refractivity contribution >= 4 is 11.9 Å². The van der Waals surface area contributed by atoms with Crippen molar-refractivity contribution in [2.75, 3.05) is 19.8 Å². The minimum Gasteiger partial charge on any atom is -0.484 e. The Kier molecular flexibility index (Phi) is 4.01. The van der Waals surface area contributed by atoms with Crippen LogP contribution >= 0.6 is 0 Å². The molecule has 0 bridgehead atoms. The maximum atomic E-state index is 11.7. The van der Waals surface area contributed by atoms with E-state index in [1.807, 2.05) is 6.07 Å². The zero-order chi connectivity index (χ0) is 13.7. The Balaban J connectivity index is 1.88. The molecule has 1 atom stereocenters. The lowest BCUT2D eigenvalue weighted by Crippen LogP contribution is -2.56. The van der Waals surface area contributed by atoms with Crippen LogP contribution in [-0.4, -0.2) is 42.3 Å². The van der Waals surface area contributed by atoms with Crippen LogP contribution in [0.5, 0.6) is 5.75 Å². The van der Waals surface area contributed by atoms with Crippen LogP contribution in [0.2, 0.25) is 0 Å². The Hall–Kier alpha value is -2.08. The van der Waals surface area contributed by atoms with Gasteiger partial charge in [-0.15, -0.1) is 0 Å². The molecule has 0 spiro atoms. The number of para-hydroxylation sites is 1. The highest BCUT2D eigenvalue weighted by Gasteiger charge is 2.43. The largest absolute Gasteiger partial charge is 0.484 e. The lowest BCUT2D eigenvalue weighted by atomic mass is 9.99. The van der Waals surface area contributed by atoms with Gasteiger partial charge in [0.05, 0.1) is 6.61 Å². The molecule has 0 aliphatic carbocycles. The molecule has 1 heterocycles. The number of hydrogen-bond donors (Lipinski definition) is 2. The topological polar surface area (TPSA) is 84.9 Å². The molecular formula is C13H15NO5. The average Bonchev–Trinajstić information content (AvgIpc) is 2.87. The van der Waals surface area contributed by atoms with E-state index >= 15 is 0 Å². The molecule has 1 fully saturated rings. The van der Waals surface area contributed by atoms with Gasteiger partial charge in [0.2, 0.25) is 0 Å². The highest BCUT2D eigenvalue weighted by Crippen LogP contribution is 2.19. The number of carboxylic acids is 1. The van der Waals surface area contributed by atoms with Crippen LogP contribution in [0.15, 0.2) is 30.3 Å². The Labute approximate surface area is 110 Å². The van der Waals surface area contributed by atoms with Gasteiger partial charge in [-0.25, -0.2) is 4.79 Å². The highest BCUT2D eigenvalue weighted by atomic mass is 16.5. The fourth-order valence-electron chi connectivity index (χ4n) is 1.85. The Morgan fingerprint density at radius 1 is 1.37 bits per heavy atom. The van der Waals surface area contributed by atoms with E-state index in [1.165, 1.54) is 0 Å². The van der Waals surface area contributed by atoms with Crippen molar-refractivity contribution in [1.82, 2.24) is 5.32 Å². The van der Waals surface area contributed by atoms with E-state index in [9.17, 15) is 9.59 Å². The van der Waals surface area contributed by atoms with Crippen LogP contribution in [0.3, 0.4) is 0 Å².